The summed E-state index contributed by atoms with van der Waals surface area (Å²) in [4.78, 5) is 70.3. The first kappa shape index (κ1) is 30.9. The molecule has 5 rings (SSSR count). The molecule has 3 heterocycles. The van der Waals surface area contributed by atoms with Crippen LogP contribution in [0.5, 0.6) is 0 Å². The zero-order valence-electron chi connectivity index (χ0n) is 25.3. The second-order valence-corrected chi connectivity index (χ2v) is 12.0. The molecule has 0 unspecified atom stereocenters. The third kappa shape index (κ3) is 6.36. The summed E-state index contributed by atoms with van der Waals surface area (Å²) in [6.45, 7) is 4.01. The Balaban J connectivity index is 1.49. The summed E-state index contributed by atoms with van der Waals surface area (Å²) in [6, 6.07) is 11.7. The van der Waals surface area contributed by atoms with E-state index in [2.05, 4.69) is 10.6 Å². The van der Waals surface area contributed by atoms with Crippen molar-refractivity contribution >= 4 is 34.5 Å². The third-order valence-corrected chi connectivity index (χ3v) is 8.58. The summed E-state index contributed by atoms with van der Waals surface area (Å²) < 4.78 is 16.2. The fourth-order valence-corrected chi connectivity index (χ4v) is 5.98. The van der Waals surface area contributed by atoms with Crippen LogP contribution in [0.2, 0.25) is 0 Å². The lowest BCUT2D eigenvalue weighted by Crippen LogP contribution is -2.55. The van der Waals surface area contributed by atoms with Crippen molar-refractivity contribution in [2.45, 2.75) is 51.6 Å². The van der Waals surface area contributed by atoms with Gasteiger partial charge in [0.25, 0.3) is 17.4 Å². The smallest absolute Gasteiger partial charge is 0.263 e. The monoisotopic (exact) mass is 603 g/mol. The number of carbonyl (C=O) groups excluding carboxylic acids is 4. The largest absolute Gasteiger partial charge is 0.355 e. The van der Waals surface area contributed by atoms with E-state index in [0.717, 1.165) is 5.56 Å². The van der Waals surface area contributed by atoms with Crippen molar-refractivity contribution < 1.29 is 23.6 Å². The van der Waals surface area contributed by atoms with E-state index in [9.17, 15) is 28.4 Å². The first-order chi connectivity index (χ1) is 21.0. The average Bonchev–Trinajstić information content (AvgIpc) is 3.50. The number of amides is 4. The molecule has 0 radical (unpaired) electrons. The van der Waals surface area contributed by atoms with E-state index in [1.807, 2.05) is 32.0 Å². The minimum absolute atomic E-state index is 0.0400. The summed E-state index contributed by atoms with van der Waals surface area (Å²) in [7, 11) is 1.60. The SMILES string of the molecule is CC(C)[C@@H]1CN(C(=O)c2cc3ccccc3n(C)c2=O)CC(=O)NCCCc2ccc(F)c(c2)C(=O)N2CCC[C@H]2C(=O)N1. The number of benzene rings is 2. The Bertz CT molecular complexity index is 1670. The number of aromatic nitrogens is 1. The molecule has 11 heteroatoms. The van der Waals surface area contributed by atoms with Crippen molar-refractivity contribution in [3.05, 3.63) is 81.4 Å². The van der Waals surface area contributed by atoms with Crippen molar-refractivity contribution in [3.8, 4) is 0 Å². The zero-order valence-corrected chi connectivity index (χ0v) is 25.3. The number of pyridine rings is 1. The highest BCUT2D eigenvalue weighted by Crippen LogP contribution is 2.24. The van der Waals surface area contributed by atoms with Gasteiger partial charge in [-0.25, -0.2) is 4.39 Å². The lowest BCUT2D eigenvalue weighted by atomic mass is 10.0. The van der Waals surface area contributed by atoms with Gasteiger partial charge in [0.15, 0.2) is 0 Å². The van der Waals surface area contributed by atoms with Crippen molar-refractivity contribution in [1.82, 2.24) is 25.0 Å². The first-order valence-corrected chi connectivity index (χ1v) is 15.1. The molecule has 2 atom stereocenters. The molecule has 0 spiro atoms. The number of rotatable bonds is 2. The van der Waals surface area contributed by atoms with Gasteiger partial charge in [-0.1, -0.05) is 38.1 Å². The standard InChI is InChI=1S/C33H38FN5O5/c1-20(2)26-18-38(32(43)24-17-22-9-4-5-10-27(22)37(3)31(24)42)19-29(40)35-14-6-8-21-12-13-25(34)23(16-21)33(44)39-15-7-11-28(39)30(41)36-26/h4-5,9-10,12-13,16-17,20,26,28H,6-8,11,14-15,18-19H2,1-3H3,(H,35,40)(H,36,41)/t26-,28-/m0/s1. The van der Waals surface area contributed by atoms with Crippen LogP contribution < -0.4 is 16.2 Å². The predicted molar refractivity (Wildman–Crippen MR) is 164 cm³/mol. The first-order valence-electron chi connectivity index (χ1n) is 15.1. The second-order valence-electron chi connectivity index (χ2n) is 12.0. The Labute approximate surface area is 255 Å². The number of hydrogen-bond acceptors (Lipinski definition) is 5. The van der Waals surface area contributed by atoms with E-state index in [4.69, 9.17) is 0 Å². The Morgan fingerprint density at radius 3 is 2.57 bits per heavy atom. The van der Waals surface area contributed by atoms with E-state index < -0.39 is 47.1 Å². The van der Waals surface area contributed by atoms with Crippen LogP contribution in [-0.2, 0) is 23.1 Å². The Hall–Kier alpha value is -4.54. The normalized spacial score (nSPS) is 20.3. The van der Waals surface area contributed by atoms with Crippen LogP contribution in [0, 0.1) is 11.7 Å². The van der Waals surface area contributed by atoms with Crippen LogP contribution >= 0.6 is 0 Å². The maximum absolute atomic E-state index is 14.8. The molecule has 1 fully saturated rings. The fraction of sp³-hybridized carbons (Fsp3) is 0.424. The molecule has 0 aliphatic carbocycles. The van der Waals surface area contributed by atoms with Crippen LogP contribution in [0.25, 0.3) is 10.9 Å². The number of para-hydroxylation sites is 1. The maximum Gasteiger partial charge on any atom is 0.263 e. The van der Waals surface area contributed by atoms with Gasteiger partial charge in [0.1, 0.15) is 17.4 Å². The van der Waals surface area contributed by atoms with Gasteiger partial charge >= 0.3 is 0 Å². The molecule has 44 heavy (non-hydrogen) atoms. The van der Waals surface area contributed by atoms with E-state index in [0.29, 0.717) is 43.1 Å². The summed E-state index contributed by atoms with van der Waals surface area (Å²) in [5.74, 6) is -2.79. The molecule has 0 saturated carbocycles. The molecule has 2 bridgehead atoms. The fourth-order valence-electron chi connectivity index (χ4n) is 5.98. The molecule has 3 aromatic rings. The van der Waals surface area contributed by atoms with Crippen molar-refractivity contribution in [3.63, 3.8) is 0 Å². The van der Waals surface area contributed by atoms with Crippen molar-refractivity contribution in [1.29, 1.82) is 0 Å². The summed E-state index contributed by atoms with van der Waals surface area (Å²) in [5.41, 5.74) is 0.759. The van der Waals surface area contributed by atoms with Gasteiger partial charge in [-0.05, 0) is 66.8 Å². The molecule has 4 amide bonds. The van der Waals surface area contributed by atoms with Gasteiger partial charge in [-0.2, -0.15) is 0 Å². The van der Waals surface area contributed by atoms with Crippen LogP contribution in [0.4, 0.5) is 4.39 Å². The number of carbonyl (C=O) groups is 4. The molecule has 2 N–H and O–H groups in total. The van der Waals surface area contributed by atoms with Gasteiger partial charge in [-0.3, -0.25) is 24.0 Å². The predicted octanol–water partition coefficient (Wildman–Crippen LogP) is 2.63. The highest BCUT2D eigenvalue weighted by Gasteiger charge is 2.37. The summed E-state index contributed by atoms with van der Waals surface area (Å²) >= 11 is 0. The van der Waals surface area contributed by atoms with E-state index >= 15 is 0 Å². The number of fused-ring (bicyclic) bond motifs is 4. The van der Waals surface area contributed by atoms with Gasteiger partial charge in [0.05, 0.1) is 17.6 Å². The van der Waals surface area contributed by atoms with Crippen LogP contribution in [0.15, 0.2) is 53.3 Å². The van der Waals surface area contributed by atoms with Gasteiger partial charge in [0, 0.05) is 32.7 Å². The lowest BCUT2D eigenvalue weighted by Gasteiger charge is -2.32. The molecule has 1 saturated heterocycles. The van der Waals surface area contributed by atoms with E-state index in [-0.39, 0.29) is 36.7 Å². The quantitative estimate of drug-likeness (QED) is 0.467. The number of nitrogens with one attached hydrogen (secondary N) is 2. The van der Waals surface area contributed by atoms with E-state index in [1.165, 1.54) is 26.5 Å². The lowest BCUT2D eigenvalue weighted by molar-refractivity contribution is -0.126. The Kier molecular flexibility index (Phi) is 9.12. The molecule has 2 aromatic carbocycles. The van der Waals surface area contributed by atoms with Crippen molar-refractivity contribution in [2.75, 3.05) is 26.2 Å². The minimum Gasteiger partial charge on any atom is -0.355 e. The summed E-state index contributed by atoms with van der Waals surface area (Å²) in [5, 5.41) is 6.53. The van der Waals surface area contributed by atoms with Crippen LogP contribution in [0.3, 0.4) is 0 Å². The molecule has 1 aromatic heterocycles. The number of aryl methyl sites for hydroxylation is 2. The van der Waals surface area contributed by atoms with E-state index in [1.54, 1.807) is 25.2 Å². The van der Waals surface area contributed by atoms with Crippen LogP contribution in [-0.4, -0.2) is 76.3 Å². The topological polar surface area (TPSA) is 121 Å². The second kappa shape index (κ2) is 13.0. The van der Waals surface area contributed by atoms with Crippen molar-refractivity contribution in [2.24, 2.45) is 13.0 Å². The molecule has 2 aliphatic heterocycles. The molecule has 232 valence electrons. The summed E-state index contributed by atoms with van der Waals surface area (Å²) in [6.07, 6.45) is 2.01. The highest BCUT2D eigenvalue weighted by atomic mass is 19.1. The van der Waals surface area contributed by atoms with Gasteiger partial charge in [0.2, 0.25) is 11.8 Å². The average molecular weight is 604 g/mol. The maximum atomic E-state index is 14.8. The zero-order chi connectivity index (χ0) is 31.5. The number of halogens is 1. The third-order valence-electron chi connectivity index (χ3n) is 8.58. The van der Waals surface area contributed by atoms with Gasteiger partial charge < -0.3 is 25.0 Å². The molecular weight excluding hydrogens is 565 g/mol. The molecule has 2 aliphatic rings. The number of hydrogen-bond donors (Lipinski definition) is 2. The van der Waals surface area contributed by atoms with Crippen LogP contribution in [0.1, 0.15) is 59.4 Å². The highest BCUT2D eigenvalue weighted by molar-refractivity contribution is 6.00. The Morgan fingerprint density at radius 2 is 1.80 bits per heavy atom. The molecular formula is C33H38FN5O5. The minimum atomic E-state index is -0.803. The van der Waals surface area contributed by atoms with Gasteiger partial charge in [-0.15, -0.1) is 0 Å². The Morgan fingerprint density at radius 1 is 1.02 bits per heavy atom. The molecule has 10 nitrogen and oxygen atoms in total. The number of nitrogens with zero attached hydrogens (tertiary/aromatic N) is 3.